The van der Waals surface area contributed by atoms with E-state index in [0.29, 0.717) is 11.3 Å². The van der Waals surface area contributed by atoms with Crippen molar-refractivity contribution in [2.45, 2.75) is 13.8 Å². The van der Waals surface area contributed by atoms with Gasteiger partial charge in [0.05, 0.1) is 23.3 Å². The minimum atomic E-state index is -0.564. The molecular formula is C18H20ClN3O3. The smallest absolute Gasteiger partial charge is 0.339 e. The Hall–Kier alpha value is -2.60. The summed E-state index contributed by atoms with van der Waals surface area (Å²) < 4.78 is 4.67. The first-order valence-electron chi connectivity index (χ1n) is 7.90. The number of rotatable bonds is 6. The van der Waals surface area contributed by atoms with E-state index in [1.54, 1.807) is 12.1 Å². The van der Waals surface area contributed by atoms with E-state index in [1.807, 2.05) is 19.9 Å². The first-order valence-corrected chi connectivity index (χ1v) is 8.28. The third-order valence-electron chi connectivity index (χ3n) is 3.73. The van der Waals surface area contributed by atoms with Crippen LogP contribution in [0.4, 0.5) is 11.5 Å². The molecule has 0 aliphatic heterocycles. The largest absolute Gasteiger partial charge is 0.465 e. The molecule has 0 aliphatic rings. The van der Waals surface area contributed by atoms with Crippen molar-refractivity contribution in [3.05, 3.63) is 52.7 Å². The Morgan fingerprint density at radius 3 is 2.48 bits per heavy atom. The molecule has 7 heteroatoms. The Morgan fingerprint density at radius 1 is 1.20 bits per heavy atom. The van der Waals surface area contributed by atoms with Crippen molar-refractivity contribution in [2.24, 2.45) is 0 Å². The number of nitrogens with zero attached hydrogens (tertiary/aromatic N) is 2. The number of ether oxygens (including phenoxy) is 1. The molecule has 0 fully saturated rings. The second-order valence-electron chi connectivity index (χ2n) is 5.22. The lowest BCUT2D eigenvalue weighted by Gasteiger charge is -2.19. The molecule has 0 radical (unpaired) electrons. The second kappa shape index (κ2) is 8.48. The summed E-state index contributed by atoms with van der Waals surface area (Å²) in [5, 5.41) is 2.98. The zero-order valence-corrected chi connectivity index (χ0v) is 15.1. The first kappa shape index (κ1) is 18.7. The van der Waals surface area contributed by atoms with E-state index in [-0.39, 0.29) is 16.5 Å². The van der Waals surface area contributed by atoms with Crippen molar-refractivity contribution >= 4 is 35.0 Å². The Kier molecular flexibility index (Phi) is 6.36. The molecule has 2 rings (SSSR count). The van der Waals surface area contributed by atoms with Gasteiger partial charge in [-0.15, -0.1) is 0 Å². The lowest BCUT2D eigenvalue weighted by Crippen LogP contribution is -2.23. The number of carbonyl (C=O) groups excluding carboxylic acids is 2. The zero-order valence-electron chi connectivity index (χ0n) is 14.4. The molecule has 0 spiro atoms. The van der Waals surface area contributed by atoms with E-state index in [4.69, 9.17) is 11.6 Å². The van der Waals surface area contributed by atoms with Gasteiger partial charge in [0.1, 0.15) is 5.82 Å². The van der Waals surface area contributed by atoms with Crippen LogP contribution in [0.5, 0.6) is 0 Å². The Labute approximate surface area is 151 Å². The summed E-state index contributed by atoms with van der Waals surface area (Å²) in [6.07, 6.45) is 1.53. The molecule has 2 aromatic rings. The normalized spacial score (nSPS) is 10.2. The molecule has 0 aliphatic carbocycles. The van der Waals surface area contributed by atoms with E-state index in [0.717, 1.165) is 18.9 Å². The van der Waals surface area contributed by atoms with Crippen molar-refractivity contribution in [3.63, 3.8) is 0 Å². The lowest BCUT2D eigenvalue weighted by molar-refractivity contribution is 0.0600. The third-order valence-corrected chi connectivity index (χ3v) is 4.06. The van der Waals surface area contributed by atoms with Gasteiger partial charge in [0, 0.05) is 25.0 Å². The number of carbonyl (C=O) groups is 2. The van der Waals surface area contributed by atoms with E-state index in [2.05, 4.69) is 19.9 Å². The summed E-state index contributed by atoms with van der Waals surface area (Å²) in [7, 11) is 1.27. The molecule has 1 heterocycles. The minimum absolute atomic E-state index is 0.192. The number of amides is 1. The van der Waals surface area contributed by atoms with Crippen molar-refractivity contribution < 1.29 is 14.3 Å². The van der Waals surface area contributed by atoms with Gasteiger partial charge >= 0.3 is 5.97 Å². The quantitative estimate of drug-likeness (QED) is 0.795. The number of aromatic nitrogens is 1. The number of methoxy groups -OCH3 is 1. The minimum Gasteiger partial charge on any atom is -0.465 e. The topological polar surface area (TPSA) is 71.5 Å². The van der Waals surface area contributed by atoms with E-state index < -0.39 is 5.97 Å². The van der Waals surface area contributed by atoms with E-state index in [1.165, 1.54) is 25.4 Å². The van der Waals surface area contributed by atoms with Crippen molar-refractivity contribution in [2.75, 3.05) is 30.4 Å². The molecule has 0 unspecified atom stereocenters. The molecule has 0 atom stereocenters. The van der Waals surface area contributed by atoms with Gasteiger partial charge in [-0.25, -0.2) is 9.78 Å². The molecule has 1 N–H and O–H groups in total. The average molecular weight is 362 g/mol. The Morgan fingerprint density at radius 2 is 1.92 bits per heavy atom. The number of anilines is 2. The Balaban J connectivity index is 2.16. The van der Waals surface area contributed by atoms with Crippen LogP contribution in [0.1, 0.15) is 34.6 Å². The summed E-state index contributed by atoms with van der Waals surface area (Å²) >= 11 is 5.97. The molecule has 0 saturated carbocycles. The van der Waals surface area contributed by atoms with Gasteiger partial charge < -0.3 is 15.0 Å². The number of hydrogen-bond donors (Lipinski definition) is 1. The molecule has 6 nitrogen and oxygen atoms in total. The fourth-order valence-corrected chi connectivity index (χ4v) is 2.52. The summed E-state index contributed by atoms with van der Waals surface area (Å²) in [5.74, 6) is -0.0657. The van der Waals surface area contributed by atoms with Gasteiger partial charge in [-0.1, -0.05) is 11.6 Å². The molecule has 1 aromatic heterocycles. The van der Waals surface area contributed by atoms with Crippen LogP contribution in [-0.2, 0) is 4.74 Å². The van der Waals surface area contributed by atoms with Gasteiger partial charge in [-0.2, -0.15) is 0 Å². The lowest BCUT2D eigenvalue weighted by atomic mass is 10.2. The van der Waals surface area contributed by atoms with E-state index >= 15 is 0 Å². The summed E-state index contributed by atoms with van der Waals surface area (Å²) in [6.45, 7) is 5.78. The standard InChI is InChI=1S/C18H20ClN3O3/c1-4-22(5-2)16-9-6-12(11-20-16)17(23)21-13-7-8-15(19)14(10-13)18(24)25-3/h6-11H,4-5H2,1-3H3,(H,21,23). The highest BCUT2D eigenvalue weighted by molar-refractivity contribution is 6.33. The summed E-state index contributed by atoms with van der Waals surface area (Å²) in [5.41, 5.74) is 1.06. The third kappa shape index (κ3) is 4.48. The van der Waals surface area contributed by atoms with Crippen LogP contribution in [0.15, 0.2) is 36.5 Å². The molecule has 25 heavy (non-hydrogen) atoms. The van der Waals surface area contributed by atoms with E-state index in [9.17, 15) is 9.59 Å². The predicted octanol–water partition coefficient (Wildman–Crippen LogP) is 3.62. The molecular weight excluding hydrogens is 342 g/mol. The number of esters is 1. The molecule has 1 aromatic carbocycles. The fraction of sp³-hybridized carbons (Fsp3) is 0.278. The maximum absolute atomic E-state index is 12.4. The first-order chi connectivity index (χ1) is 12.0. The van der Waals surface area contributed by atoms with Gasteiger partial charge in [0.2, 0.25) is 0 Å². The van der Waals surface area contributed by atoms with Gasteiger partial charge in [-0.05, 0) is 44.2 Å². The van der Waals surface area contributed by atoms with Gasteiger partial charge in [0.15, 0.2) is 0 Å². The van der Waals surface area contributed by atoms with Crippen molar-refractivity contribution in [3.8, 4) is 0 Å². The van der Waals surface area contributed by atoms with Crippen LogP contribution >= 0.6 is 11.6 Å². The van der Waals surface area contributed by atoms with Crippen LogP contribution in [0.3, 0.4) is 0 Å². The predicted molar refractivity (Wildman–Crippen MR) is 98.5 cm³/mol. The average Bonchev–Trinajstić information content (AvgIpc) is 2.64. The number of pyridine rings is 1. The highest BCUT2D eigenvalue weighted by Gasteiger charge is 2.14. The molecule has 1 amide bonds. The van der Waals surface area contributed by atoms with Gasteiger partial charge in [-0.3, -0.25) is 4.79 Å². The number of hydrogen-bond acceptors (Lipinski definition) is 5. The van der Waals surface area contributed by atoms with Crippen molar-refractivity contribution in [1.82, 2.24) is 4.98 Å². The number of nitrogens with one attached hydrogen (secondary N) is 1. The monoisotopic (exact) mass is 361 g/mol. The maximum atomic E-state index is 12.4. The number of halogens is 1. The Bertz CT molecular complexity index is 759. The highest BCUT2D eigenvalue weighted by Crippen LogP contribution is 2.22. The molecule has 0 saturated heterocycles. The molecule has 0 bridgehead atoms. The summed E-state index contributed by atoms with van der Waals surface area (Å²) in [4.78, 5) is 30.4. The van der Waals surface area contributed by atoms with Crippen molar-refractivity contribution in [1.29, 1.82) is 0 Å². The maximum Gasteiger partial charge on any atom is 0.339 e. The van der Waals surface area contributed by atoms with Crippen LogP contribution in [0.25, 0.3) is 0 Å². The van der Waals surface area contributed by atoms with Crippen LogP contribution in [0, 0.1) is 0 Å². The molecule has 132 valence electrons. The second-order valence-corrected chi connectivity index (χ2v) is 5.62. The summed E-state index contributed by atoms with van der Waals surface area (Å²) in [6, 6.07) is 8.15. The zero-order chi connectivity index (χ0) is 18.4. The number of benzene rings is 1. The fourth-order valence-electron chi connectivity index (χ4n) is 2.33. The van der Waals surface area contributed by atoms with Crippen LogP contribution < -0.4 is 10.2 Å². The van der Waals surface area contributed by atoms with Gasteiger partial charge in [0.25, 0.3) is 5.91 Å². The van der Waals surface area contributed by atoms with Crippen LogP contribution in [-0.4, -0.2) is 37.1 Å². The van der Waals surface area contributed by atoms with Crippen LogP contribution in [0.2, 0.25) is 5.02 Å². The SMILES string of the molecule is CCN(CC)c1ccc(C(=O)Nc2ccc(Cl)c(C(=O)OC)c2)cn1. The highest BCUT2D eigenvalue weighted by atomic mass is 35.5.